The van der Waals surface area contributed by atoms with E-state index in [9.17, 15) is 40.7 Å². The summed E-state index contributed by atoms with van der Waals surface area (Å²) in [5.74, 6) is -7.44. The first-order chi connectivity index (χ1) is 11.8. The topological polar surface area (TPSA) is 78.9 Å². The quantitative estimate of drug-likeness (QED) is 0.416. The highest BCUT2D eigenvalue weighted by molar-refractivity contribution is 5.84. The van der Waals surface area contributed by atoms with Gasteiger partial charge in [0, 0.05) is 12.8 Å². The molecule has 148 valence electrons. The molecule has 1 aliphatic carbocycles. The molecule has 4 unspecified atom stereocenters. The predicted molar refractivity (Wildman–Crippen MR) is 68.2 cm³/mol. The van der Waals surface area contributed by atoms with Crippen LogP contribution in [0.2, 0.25) is 0 Å². The highest BCUT2D eigenvalue weighted by atomic mass is 19.4. The van der Waals surface area contributed by atoms with Crippen LogP contribution in [0.3, 0.4) is 0 Å². The molecule has 0 N–H and O–H groups in total. The lowest BCUT2D eigenvalue weighted by molar-refractivity contribution is -0.314. The summed E-state index contributed by atoms with van der Waals surface area (Å²) in [5.41, 5.74) is 0. The Morgan fingerprint density at radius 3 is 2.19 bits per heavy atom. The van der Waals surface area contributed by atoms with Crippen molar-refractivity contribution in [2.45, 2.75) is 44.3 Å². The molecule has 1 saturated heterocycles. The van der Waals surface area contributed by atoms with Crippen molar-refractivity contribution in [1.29, 1.82) is 0 Å². The van der Waals surface area contributed by atoms with Crippen LogP contribution in [0, 0.1) is 17.8 Å². The van der Waals surface area contributed by atoms with Crippen molar-refractivity contribution in [3.05, 3.63) is 0 Å². The van der Waals surface area contributed by atoms with E-state index in [1.54, 1.807) is 0 Å². The van der Waals surface area contributed by atoms with E-state index in [1.807, 2.05) is 0 Å². The van der Waals surface area contributed by atoms with Crippen molar-refractivity contribution in [3.63, 3.8) is 0 Å². The molecular weight excluding hydrogens is 378 g/mol. The molecule has 6 nitrogen and oxygen atoms in total. The molecule has 2 fully saturated rings. The van der Waals surface area contributed by atoms with Gasteiger partial charge in [-0.25, -0.2) is 0 Å². The molecule has 0 aromatic carbocycles. The largest absolute Gasteiger partial charge is 0.461 e. The Balaban J connectivity index is 2.27. The van der Waals surface area contributed by atoms with Gasteiger partial charge >= 0.3 is 30.3 Å². The third-order valence-electron chi connectivity index (χ3n) is 4.29. The van der Waals surface area contributed by atoms with Gasteiger partial charge in [0.2, 0.25) is 0 Å². The molecule has 1 aliphatic heterocycles. The van der Waals surface area contributed by atoms with Crippen molar-refractivity contribution in [3.8, 4) is 0 Å². The zero-order valence-corrected chi connectivity index (χ0v) is 13.2. The first-order valence-corrected chi connectivity index (χ1v) is 7.50. The predicted octanol–water partition coefficient (Wildman–Crippen LogP) is 2.15. The summed E-state index contributed by atoms with van der Waals surface area (Å²) in [6.07, 6.45) is -17.1. The zero-order chi connectivity index (χ0) is 19.9. The minimum Gasteiger partial charge on any atom is -0.461 e. The van der Waals surface area contributed by atoms with Gasteiger partial charge in [-0.3, -0.25) is 14.4 Å². The fraction of sp³-hybridized carbons (Fsp3) is 0.786. The van der Waals surface area contributed by atoms with Gasteiger partial charge in [0.1, 0.15) is 12.7 Å². The van der Waals surface area contributed by atoms with Gasteiger partial charge < -0.3 is 14.2 Å². The van der Waals surface area contributed by atoms with Crippen LogP contribution in [0.15, 0.2) is 0 Å². The fourth-order valence-electron chi connectivity index (χ4n) is 3.29. The first-order valence-electron chi connectivity index (χ1n) is 7.50. The van der Waals surface area contributed by atoms with Gasteiger partial charge in [0.25, 0.3) is 6.10 Å². The zero-order valence-electron chi connectivity index (χ0n) is 13.2. The van der Waals surface area contributed by atoms with Crippen molar-refractivity contribution in [2.24, 2.45) is 17.8 Å². The van der Waals surface area contributed by atoms with Gasteiger partial charge in [0.15, 0.2) is 0 Å². The molecular formula is C14H14F6O6. The van der Waals surface area contributed by atoms with Crippen LogP contribution < -0.4 is 0 Å². The number of cyclic esters (lactones) is 1. The maximum Gasteiger partial charge on any atom is 0.434 e. The lowest BCUT2D eigenvalue weighted by Crippen LogP contribution is -2.48. The van der Waals surface area contributed by atoms with E-state index in [-0.39, 0.29) is 12.8 Å². The Bertz CT molecular complexity index is 571. The number of esters is 3. The van der Waals surface area contributed by atoms with Gasteiger partial charge in [-0.05, 0) is 12.8 Å². The average Bonchev–Trinajstić information content (AvgIpc) is 2.85. The van der Waals surface area contributed by atoms with E-state index in [4.69, 9.17) is 9.47 Å². The second-order valence-corrected chi connectivity index (χ2v) is 6.05. The Kier molecular flexibility index (Phi) is 5.43. The van der Waals surface area contributed by atoms with Crippen LogP contribution >= 0.6 is 0 Å². The molecule has 0 radical (unpaired) electrons. The number of fused-ring (bicyclic) bond motifs is 2. The average molecular weight is 392 g/mol. The Hall–Kier alpha value is -2.01. The molecule has 1 saturated carbocycles. The van der Waals surface area contributed by atoms with Crippen LogP contribution in [-0.2, 0) is 28.6 Å². The Morgan fingerprint density at radius 1 is 1.12 bits per heavy atom. The van der Waals surface area contributed by atoms with Gasteiger partial charge in [-0.2, -0.15) is 26.3 Å². The molecule has 0 aromatic heterocycles. The number of halogens is 6. The van der Waals surface area contributed by atoms with E-state index >= 15 is 0 Å². The summed E-state index contributed by atoms with van der Waals surface area (Å²) < 4.78 is 89.0. The van der Waals surface area contributed by atoms with Crippen LogP contribution in [0.5, 0.6) is 0 Å². The maximum absolute atomic E-state index is 12.6. The summed E-state index contributed by atoms with van der Waals surface area (Å²) in [5, 5.41) is 0. The monoisotopic (exact) mass is 392 g/mol. The standard InChI is InChI=1S/C14H14F6O6/c1-5(21)25-8-4-24-10(22)7-3-2-6(8)9(7)11(23)26-12(13(15,16)17)14(18,19)20/h6-9,12H,2-4H2,1H3. The van der Waals surface area contributed by atoms with Crippen molar-refractivity contribution in [1.82, 2.24) is 0 Å². The lowest BCUT2D eigenvalue weighted by atomic mass is 9.87. The maximum atomic E-state index is 12.6. The van der Waals surface area contributed by atoms with Crippen LogP contribution in [0.4, 0.5) is 26.3 Å². The second kappa shape index (κ2) is 6.95. The highest BCUT2D eigenvalue weighted by Crippen LogP contribution is 2.45. The van der Waals surface area contributed by atoms with Crippen LogP contribution in [0.1, 0.15) is 19.8 Å². The molecule has 26 heavy (non-hydrogen) atoms. The molecule has 0 aromatic rings. The summed E-state index contributed by atoms with van der Waals surface area (Å²) in [4.78, 5) is 35.1. The Labute approximate surface area is 142 Å². The lowest BCUT2D eigenvalue weighted by Gasteiger charge is -2.28. The van der Waals surface area contributed by atoms with E-state index in [1.165, 1.54) is 0 Å². The number of ether oxygens (including phenoxy) is 3. The summed E-state index contributed by atoms with van der Waals surface area (Å²) >= 11 is 0. The summed E-state index contributed by atoms with van der Waals surface area (Å²) in [6, 6.07) is 0. The SMILES string of the molecule is CC(=O)OC1COC(=O)C2CCC1C2C(=O)OC(C(F)(F)F)C(F)(F)F. The van der Waals surface area contributed by atoms with Gasteiger partial charge in [-0.1, -0.05) is 0 Å². The van der Waals surface area contributed by atoms with Crippen molar-refractivity contribution in [2.75, 3.05) is 6.61 Å². The molecule has 12 heteroatoms. The number of carbonyl (C=O) groups is 3. The van der Waals surface area contributed by atoms with E-state index < -0.39 is 66.8 Å². The number of hydrogen-bond acceptors (Lipinski definition) is 6. The Morgan fingerprint density at radius 2 is 1.69 bits per heavy atom. The van der Waals surface area contributed by atoms with Crippen LogP contribution in [-0.4, -0.2) is 49.1 Å². The van der Waals surface area contributed by atoms with E-state index in [0.717, 1.165) is 6.92 Å². The number of rotatable bonds is 3. The third kappa shape index (κ3) is 4.21. The molecule has 2 rings (SSSR count). The van der Waals surface area contributed by atoms with Crippen molar-refractivity contribution >= 4 is 17.9 Å². The second-order valence-electron chi connectivity index (χ2n) is 6.05. The molecule has 0 amide bonds. The van der Waals surface area contributed by atoms with Gasteiger partial charge in [-0.15, -0.1) is 0 Å². The van der Waals surface area contributed by atoms with Gasteiger partial charge in [0.05, 0.1) is 11.8 Å². The number of carbonyl (C=O) groups excluding carboxylic acids is 3. The fourth-order valence-corrected chi connectivity index (χ4v) is 3.29. The molecule has 2 bridgehead atoms. The molecule has 4 atom stereocenters. The third-order valence-corrected chi connectivity index (χ3v) is 4.29. The summed E-state index contributed by atoms with van der Waals surface area (Å²) in [7, 11) is 0. The minimum absolute atomic E-state index is 0.0102. The molecule has 1 heterocycles. The molecule has 2 aliphatic rings. The first kappa shape index (κ1) is 20.3. The molecule has 0 spiro atoms. The van der Waals surface area contributed by atoms with E-state index in [2.05, 4.69) is 4.74 Å². The number of hydrogen-bond donors (Lipinski definition) is 0. The normalized spacial score (nSPS) is 29.2. The summed E-state index contributed by atoms with van der Waals surface area (Å²) in [6.45, 7) is 0.584. The van der Waals surface area contributed by atoms with E-state index in [0.29, 0.717) is 0 Å². The minimum atomic E-state index is -5.87. The highest BCUT2D eigenvalue weighted by Gasteiger charge is 2.62. The van der Waals surface area contributed by atoms with Crippen LogP contribution in [0.25, 0.3) is 0 Å². The number of alkyl halides is 6. The van der Waals surface area contributed by atoms with Crippen molar-refractivity contribution < 1.29 is 54.9 Å². The smallest absolute Gasteiger partial charge is 0.434 e.